The Morgan fingerprint density at radius 1 is 1.44 bits per heavy atom. The minimum atomic E-state index is -0.260. The third kappa shape index (κ3) is 3.86. The minimum Gasteiger partial charge on any atom is -0.384 e. The van der Waals surface area contributed by atoms with Crippen molar-refractivity contribution in [3.8, 4) is 6.07 Å². The lowest BCUT2D eigenvalue weighted by Crippen LogP contribution is -2.14. The Bertz CT molecular complexity index is 405. The number of anilines is 1. The smallest absolute Gasteiger partial charge is 0.0684 e. The molecular formula is C13H17BrN2. The van der Waals surface area contributed by atoms with Crippen molar-refractivity contribution in [3.05, 3.63) is 28.2 Å². The van der Waals surface area contributed by atoms with E-state index in [0.29, 0.717) is 0 Å². The normalized spacial score (nSPS) is 10.9. The zero-order valence-corrected chi connectivity index (χ0v) is 11.6. The molecular weight excluding hydrogens is 264 g/mol. The van der Waals surface area contributed by atoms with Crippen molar-refractivity contribution in [2.45, 2.75) is 27.2 Å². The van der Waals surface area contributed by atoms with Crippen LogP contribution in [0.5, 0.6) is 0 Å². The Morgan fingerprint density at radius 2 is 2.12 bits per heavy atom. The molecule has 0 atom stereocenters. The molecule has 0 amide bonds. The molecule has 2 nitrogen and oxygen atoms in total. The van der Waals surface area contributed by atoms with Crippen LogP contribution < -0.4 is 5.32 Å². The Kier molecular flexibility index (Phi) is 4.37. The molecule has 1 aromatic carbocycles. The van der Waals surface area contributed by atoms with Gasteiger partial charge in [-0.1, -0.05) is 6.07 Å². The first kappa shape index (κ1) is 13.1. The molecule has 0 aliphatic heterocycles. The zero-order chi connectivity index (χ0) is 12.2. The predicted molar refractivity (Wildman–Crippen MR) is 71.4 cm³/mol. The van der Waals surface area contributed by atoms with Gasteiger partial charge in [-0.3, -0.25) is 0 Å². The number of nitrogens with zero attached hydrogens (tertiary/aromatic N) is 1. The summed E-state index contributed by atoms with van der Waals surface area (Å²) in [7, 11) is 0. The molecule has 0 spiro atoms. The van der Waals surface area contributed by atoms with Crippen LogP contribution in [0.25, 0.3) is 0 Å². The summed E-state index contributed by atoms with van der Waals surface area (Å²) in [5.41, 5.74) is 2.05. The standard InChI is InChI=1S/C13H17BrN2/c1-10-4-5-12(11(14)8-10)16-7-6-13(2,3)9-15/h4-5,8,16H,6-7H2,1-3H3. The highest BCUT2D eigenvalue weighted by molar-refractivity contribution is 9.10. The summed E-state index contributed by atoms with van der Waals surface area (Å²) in [5.74, 6) is 0. The molecule has 16 heavy (non-hydrogen) atoms. The molecule has 86 valence electrons. The average molecular weight is 281 g/mol. The third-order valence-corrected chi connectivity index (χ3v) is 3.15. The van der Waals surface area contributed by atoms with Crippen molar-refractivity contribution >= 4 is 21.6 Å². The van der Waals surface area contributed by atoms with Crippen molar-refractivity contribution < 1.29 is 0 Å². The summed E-state index contributed by atoms with van der Waals surface area (Å²) < 4.78 is 1.07. The van der Waals surface area contributed by atoms with Gasteiger partial charge < -0.3 is 5.32 Å². The van der Waals surface area contributed by atoms with Crippen LogP contribution in [-0.4, -0.2) is 6.54 Å². The summed E-state index contributed by atoms with van der Waals surface area (Å²) in [6, 6.07) is 8.51. The van der Waals surface area contributed by atoms with Crippen LogP contribution in [0.1, 0.15) is 25.8 Å². The first-order valence-electron chi connectivity index (χ1n) is 5.36. The van der Waals surface area contributed by atoms with E-state index in [0.717, 1.165) is 23.1 Å². The van der Waals surface area contributed by atoms with Crippen LogP contribution in [0, 0.1) is 23.7 Å². The van der Waals surface area contributed by atoms with Gasteiger partial charge in [0.05, 0.1) is 11.5 Å². The van der Waals surface area contributed by atoms with Gasteiger partial charge in [0.1, 0.15) is 0 Å². The molecule has 0 aliphatic rings. The van der Waals surface area contributed by atoms with Crippen LogP contribution in [-0.2, 0) is 0 Å². The topological polar surface area (TPSA) is 35.8 Å². The number of benzene rings is 1. The van der Waals surface area contributed by atoms with Crippen molar-refractivity contribution in [1.29, 1.82) is 5.26 Å². The van der Waals surface area contributed by atoms with Gasteiger partial charge in [0.2, 0.25) is 0 Å². The number of halogens is 1. The SMILES string of the molecule is Cc1ccc(NCCC(C)(C)C#N)c(Br)c1. The number of aryl methyl sites for hydroxylation is 1. The minimum absolute atomic E-state index is 0.260. The van der Waals surface area contributed by atoms with Crippen molar-refractivity contribution in [2.24, 2.45) is 5.41 Å². The molecule has 1 N–H and O–H groups in total. The zero-order valence-electron chi connectivity index (χ0n) is 9.97. The lowest BCUT2D eigenvalue weighted by molar-refractivity contribution is 0.466. The summed E-state index contributed by atoms with van der Waals surface area (Å²) in [6.45, 7) is 6.79. The Morgan fingerprint density at radius 3 is 2.69 bits per heavy atom. The summed E-state index contributed by atoms with van der Waals surface area (Å²) in [6.07, 6.45) is 0.837. The van der Waals surface area contributed by atoms with E-state index in [4.69, 9.17) is 5.26 Å². The highest BCUT2D eigenvalue weighted by Crippen LogP contribution is 2.24. The van der Waals surface area contributed by atoms with Gasteiger partial charge in [0.25, 0.3) is 0 Å². The number of nitriles is 1. The fraction of sp³-hybridized carbons (Fsp3) is 0.462. The second kappa shape index (κ2) is 5.36. The molecule has 0 bridgehead atoms. The fourth-order valence-electron chi connectivity index (χ4n) is 1.33. The average Bonchev–Trinajstić information content (AvgIpc) is 2.21. The van der Waals surface area contributed by atoms with E-state index in [1.165, 1.54) is 5.56 Å². The van der Waals surface area contributed by atoms with Crippen molar-refractivity contribution in [1.82, 2.24) is 0 Å². The molecule has 0 fully saturated rings. The second-order valence-corrected chi connectivity index (χ2v) is 5.51. The van der Waals surface area contributed by atoms with Crippen molar-refractivity contribution in [3.63, 3.8) is 0 Å². The molecule has 3 heteroatoms. The third-order valence-electron chi connectivity index (χ3n) is 2.49. The molecule has 0 aromatic heterocycles. The Hall–Kier alpha value is -1.01. The maximum atomic E-state index is 8.90. The molecule has 0 radical (unpaired) electrons. The highest BCUT2D eigenvalue weighted by Gasteiger charge is 2.15. The first-order valence-corrected chi connectivity index (χ1v) is 6.15. The maximum Gasteiger partial charge on any atom is 0.0684 e. The molecule has 0 heterocycles. The molecule has 0 unspecified atom stereocenters. The van der Waals surface area contributed by atoms with E-state index in [1.807, 2.05) is 13.8 Å². The fourth-order valence-corrected chi connectivity index (χ4v) is 1.96. The maximum absolute atomic E-state index is 8.90. The van der Waals surface area contributed by atoms with Gasteiger partial charge in [-0.2, -0.15) is 5.26 Å². The van der Waals surface area contributed by atoms with Crippen LogP contribution in [0.2, 0.25) is 0 Å². The molecule has 0 saturated carbocycles. The quantitative estimate of drug-likeness (QED) is 0.901. The summed E-state index contributed by atoms with van der Waals surface area (Å²) in [4.78, 5) is 0. The van der Waals surface area contributed by atoms with E-state index < -0.39 is 0 Å². The number of hydrogen-bond donors (Lipinski definition) is 1. The van der Waals surface area contributed by atoms with Gasteiger partial charge in [-0.15, -0.1) is 0 Å². The Labute approximate surface area is 106 Å². The van der Waals surface area contributed by atoms with Crippen LogP contribution in [0.3, 0.4) is 0 Å². The predicted octanol–water partition coefficient (Wildman–Crippen LogP) is 4.11. The van der Waals surface area contributed by atoms with Gasteiger partial charge in [-0.25, -0.2) is 0 Å². The van der Waals surface area contributed by atoms with E-state index in [9.17, 15) is 0 Å². The first-order chi connectivity index (χ1) is 7.44. The number of nitrogens with one attached hydrogen (secondary N) is 1. The van der Waals surface area contributed by atoms with Gasteiger partial charge in [0.15, 0.2) is 0 Å². The van der Waals surface area contributed by atoms with E-state index >= 15 is 0 Å². The molecule has 0 aliphatic carbocycles. The van der Waals surface area contributed by atoms with Gasteiger partial charge >= 0.3 is 0 Å². The number of rotatable bonds is 4. The highest BCUT2D eigenvalue weighted by atomic mass is 79.9. The van der Waals surface area contributed by atoms with Crippen LogP contribution in [0.15, 0.2) is 22.7 Å². The van der Waals surface area contributed by atoms with E-state index in [-0.39, 0.29) is 5.41 Å². The largest absolute Gasteiger partial charge is 0.384 e. The van der Waals surface area contributed by atoms with Gasteiger partial charge in [-0.05, 0) is 60.8 Å². The van der Waals surface area contributed by atoms with E-state index in [1.54, 1.807) is 0 Å². The summed E-state index contributed by atoms with van der Waals surface area (Å²) >= 11 is 3.52. The van der Waals surface area contributed by atoms with Crippen molar-refractivity contribution in [2.75, 3.05) is 11.9 Å². The number of hydrogen-bond acceptors (Lipinski definition) is 2. The monoisotopic (exact) mass is 280 g/mol. The second-order valence-electron chi connectivity index (χ2n) is 4.66. The lowest BCUT2D eigenvalue weighted by atomic mass is 9.91. The molecule has 1 aromatic rings. The molecule has 1 rings (SSSR count). The lowest BCUT2D eigenvalue weighted by Gasteiger charge is -2.16. The van der Waals surface area contributed by atoms with Crippen LogP contribution in [0.4, 0.5) is 5.69 Å². The van der Waals surface area contributed by atoms with Crippen LogP contribution >= 0.6 is 15.9 Å². The van der Waals surface area contributed by atoms with E-state index in [2.05, 4.69) is 52.4 Å². The molecule has 0 saturated heterocycles. The van der Waals surface area contributed by atoms with Gasteiger partial charge in [0, 0.05) is 16.7 Å². The Balaban J connectivity index is 2.53. The summed E-state index contributed by atoms with van der Waals surface area (Å²) in [5, 5.41) is 12.2.